The van der Waals surface area contributed by atoms with Crippen molar-refractivity contribution in [3.63, 3.8) is 0 Å². The highest BCUT2D eigenvalue weighted by Gasteiger charge is 2.46. The second-order valence-electron chi connectivity index (χ2n) is 26.0. The SMILES string of the molecule is CC(C)(C)c1ccc(N(c2ccc(C(C)(C)C)cc2)c2cc(N3c4ccc(C(C)(C)C)cc4B4c5cc(C(C)(C)C)ccc5Oc5cc(C(C)(C)C)cc3c54)c3c(c2)C(C)(C)c2ccccc2-3)cc1. The summed E-state index contributed by atoms with van der Waals surface area (Å²) in [7, 11) is 0. The minimum absolute atomic E-state index is 0.0252. The lowest BCUT2D eigenvalue weighted by Crippen LogP contribution is -2.60. The number of fused-ring (bicyclic) bond motifs is 7. The van der Waals surface area contributed by atoms with Gasteiger partial charge in [-0.25, -0.2) is 0 Å². The van der Waals surface area contributed by atoms with Crippen LogP contribution in [0.15, 0.2) is 133 Å². The van der Waals surface area contributed by atoms with Crippen molar-refractivity contribution in [1.29, 1.82) is 0 Å². The molecule has 69 heavy (non-hydrogen) atoms. The Morgan fingerprint density at radius 3 is 1.48 bits per heavy atom. The van der Waals surface area contributed by atoms with E-state index >= 15 is 0 Å². The van der Waals surface area contributed by atoms with Crippen LogP contribution in [0.5, 0.6) is 11.5 Å². The minimum atomic E-state index is -0.274. The van der Waals surface area contributed by atoms with Gasteiger partial charge in [-0.3, -0.25) is 0 Å². The molecule has 0 atom stereocenters. The highest BCUT2D eigenvalue weighted by molar-refractivity contribution is 6.99. The van der Waals surface area contributed by atoms with Gasteiger partial charge in [-0.15, -0.1) is 0 Å². The summed E-state index contributed by atoms with van der Waals surface area (Å²) in [5, 5.41) is 0. The molecular formula is C65H73BN2O. The van der Waals surface area contributed by atoms with Crippen molar-refractivity contribution in [3.05, 3.63) is 172 Å². The maximum atomic E-state index is 7.22. The molecule has 7 aromatic carbocycles. The Hall–Kier alpha value is -6.00. The second-order valence-corrected chi connectivity index (χ2v) is 26.0. The zero-order chi connectivity index (χ0) is 49.5. The fourth-order valence-corrected chi connectivity index (χ4v) is 11.1. The summed E-state index contributed by atoms with van der Waals surface area (Å²) in [6.45, 7) is 39.5. The van der Waals surface area contributed by atoms with Gasteiger partial charge in [-0.1, -0.05) is 190 Å². The van der Waals surface area contributed by atoms with Gasteiger partial charge in [0.1, 0.15) is 11.5 Å². The van der Waals surface area contributed by atoms with Gasteiger partial charge in [-0.05, 0) is 149 Å². The van der Waals surface area contributed by atoms with Crippen LogP contribution in [0, 0.1) is 0 Å². The quantitative estimate of drug-likeness (QED) is 0.164. The van der Waals surface area contributed by atoms with Crippen LogP contribution >= 0.6 is 0 Å². The van der Waals surface area contributed by atoms with Crippen molar-refractivity contribution in [2.75, 3.05) is 9.80 Å². The molecule has 0 spiro atoms. The molecule has 0 aromatic heterocycles. The van der Waals surface area contributed by atoms with Crippen LogP contribution in [-0.4, -0.2) is 6.71 Å². The molecule has 0 N–H and O–H groups in total. The third kappa shape index (κ3) is 7.82. The average Bonchev–Trinajstić information content (AvgIpc) is 3.50. The Kier molecular flexibility index (Phi) is 10.5. The average molecular weight is 909 g/mol. The zero-order valence-corrected chi connectivity index (χ0v) is 44.6. The monoisotopic (exact) mass is 909 g/mol. The molecule has 0 radical (unpaired) electrons. The molecule has 0 bridgehead atoms. The number of hydrogen-bond donors (Lipinski definition) is 0. The summed E-state index contributed by atoms with van der Waals surface area (Å²) >= 11 is 0. The van der Waals surface area contributed by atoms with E-state index in [9.17, 15) is 0 Å². The predicted octanol–water partition coefficient (Wildman–Crippen LogP) is 16.4. The van der Waals surface area contributed by atoms with Crippen molar-refractivity contribution < 1.29 is 4.74 Å². The van der Waals surface area contributed by atoms with Crippen LogP contribution in [0.4, 0.5) is 34.1 Å². The molecule has 3 nitrogen and oxygen atoms in total. The van der Waals surface area contributed by atoms with E-state index in [0.717, 1.165) is 28.6 Å². The van der Waals surface area contributed by atoms with Crippen molar-refractivity contribution in [2.45, 2.75) is 150 Å². The Morgan fingerprint density at radius 1 is 0.420 bits per heavy atom. The molecule has 0 unspecified atom stereocenters. The largest absolute Gasteiger partial charge is 0.458 e. The number of rotatable bonds is 4. The highest BCUT2D eigenvalue weighted by atomic mass is 16.5. The molecule has 3 aliphatic rings. The molecule has 352 valence electrons. The van der Waals surface area contributed by atoms with Crippen LogP contribution in [0.3, 0.4) is 0 Å². The van der Waals surface area contributed by atoms with Gasteiger partial charge in [0.05, 0.1) is 5.69 Å². The maximum Gasteiger partial charge on any atom is 0.256 e. The van der Waals surface area contributed by atoms with Crippen LogP contribution in [-0.2, 0) is 32.5 Å². The smallest absolute Gasteiger partial charge is 0.256 e. The Morgan fingerprint density at radius 2 is 0.928 bits per heavy atom. The van der Waals surface area contributed by atoms with E-state index in [-0.39, 0.29) is 39.2 Å². The third-order valence-electron chi connectivity index (χ3n) is 15.5. The second kappa shape index (κ2) is 15.5. The molecule has 0 fully saturated rings. The topological polar surface area (TPSA) is 15.7 Å². The van der Waals surface area contributed by atoms with E-state index in [0.29, 0.717) is 0 Å². The van der Waals surface area contributed by atoms with E-state index in [1.54, 1.807) is 0 Å². The molecule has 4 heteroatoms. The molecule has 10 rings (SSSR count). The van der Waals surface area contributed by atoms with E-state index in [1.807, 2.05) is 0 Å². The fourth-order valence-electron chi connectivity index (χ4n) is 11.1. The summed E-state index contributed by atoms with van der Waals surface area (Å²) in [5.74, 6) is 1.89. The molecular weight excluding hydrogens is 836 g/mol. The third-order valence-corrected chi connectivity index (χ3v) is 15.5. The zero-order valence-electron chi connectivity index (χ0n) is 44.6. The van der Waals surface area contributed by atoms with Crippen LogP contribution < -0.4 is 30.9 Å². The van der Waals surface area contributed by atoms with E-state index in [4.69, 9.17) is 4.74 Å². The lowest BCUT2D eigenvalue weighted by molar-refractivity contribution is 0.482. The molecule has 7 aromatic rings. The van der Waals surface area contributed by atoms with Gasteiger partial charge in [0.2, 0.25) is 0 Å². The first-order chi connectivity index (χ1) is 32.1. The summed E-state index contributed by atoms with van der Waals surface area (Å²) in [4.78, 5) is 5.13. The minimum Gasteiger partial charge on any atom is -0.458 e. The van der Waals surface area contributed by atoms with Crippen molar-refractivity contribution in [1.82, 2.24) is 0 Å². The summed E-state index contributed by atoms with van der Waals surface area (Å²) in [6, 6.07) is 51.8. The standard InChI is InChI=1S/C65H73BN2O/c1-60(2,3)40-22-28-45(29-23-40)67(46-30-24-41(25-31-46)61(4,5)6)47-38-50-58(48-20-18-19-21-49(48)65(50,16)17)54(39-47)68-53-32-26-42(62(7,8)9)34-51(53)66-52-35-43(63(10,11)12)27-33-56(52)69-57-37-44(64(13,14)15)36-55(68)59(57)66/h18-39H,1-17H3. The van der Waals surface area contributed by atoms with Crippen molar-refractivity contribution in [2.24, 2.45) is 0 Å². The first-order valence-electron chi connectivity index (χ1n) is 25.4. The number of hydrogen-bond acceptors (Lipinski definition) is 3. The molecule has 0 amide bonds. The fraction of sp³-hybridized carbons (Fsp3) is 0.354. The molecule has 2 heterocycles. The van der Waals surface area contributed by atoms with Gasteiger partial charge >= 0.3 is 0 Å². The van der Waals surface area contributed by atoms with Gasteiger partial charge < -0.3 is 14.5 Å². The predicted molar refractivity (Wildman–Crippen MR) is 298 cm³/mol. The Bertz CT molecular complexity index is 3120. The van der Waals surface area contributed by atoms with Crippen LogP contribution in [0.25, 0.3) is 11.1 Å². The van der Waals surface area contributed by atoms with E-state index in [1.165, 1.54) is 83.5 Å². The summed E-state index contributed by atoms with van der Waals surface area (Å²) in [6.07, 6.45) is 0. The van der Waals surface area contributed by atoms with Gasteiger partial charge in [-0.2, -0.15) is 0 Å². The van der Waals surface area contributed by atoms with Crippen LogP contribution in [0.2, 0.25) is 0 Å². The Labute approximate surface area is 415 Å². The van der Waals surface area contributed by atoms with E-state index in [2.05, 4.69) is 261 Å². The molecule has 0 saturated carbocycles. The van der Waals surface area contributed by atoms with Crippen molar-refractivity contribution in [3.8, 4) is 22.6 Å². The first-order valence-corrected chi connectivity index (χ1v) is 25.4. The number of benzene rings is 7. The molecule has 0 saturated heterocycles. The van der Waals surface area contributed by atoms with Crippen molar-refractivity contribution >= 4 is 57.2 Å². The van der Waals surface area contributed by atoms with E-state index < -0.39 is 0 Å². The summed E-state index contributed by atoms with van der Waals surface area (Å²) < 4.78 is 7.22. The van der Waals surface area contributed by atoms with Gasteiger partial charge in [0.15, 0.2) is 0 Å². The maximum absolute atomic E-state index is 7.22. The lowest BCUT2D eigenvalue weighted by atomic mass is 9.33. The number of nitrogens with zero attached hydrogens (tertiary/aromatic N) is 2. The lowest BCUT2D eigenvalue weighted by Gasteiger charge is -2.43. The molecule has 1 aliphatic carbocycles. The Balaban J connectivity index is 1.33. The van der Waals surface area contributed by atoms with Gasteiger partial charge in [0.25, 0.3) is 6.71 Å². The first kappa shape index (κ1) is 46.7. The highest BCUT2D eigenvalue weighted by Crippen LogP contribution is 2.57. The number of anilines is 6. The van der Waals surface area contributed by atoms with Gasteiger partial charge in [0, 0.05) is 39.4 Å². The van der Waals surface area contributed by atoms with Crippen LogP contribution in [0.1, 0.15) is 157 Å². The molecule has 2 aliphatic heterocycles. The summed E-state index contributed by atoms with van der Waals surface area (Å²) in [5.41, 5.74) is 22.1. The number of ether oxygens (including phenoxy) is 1. The normalized spacial score (nSPS) is 14.9.